The van der Waals surface area contributed by atoms with Crippen molar-refractivity contribution in [2.24, 2.45) is 28.6 Å². The molecule has 0 aromatic heterocycles. The van der Waals surface area contributed by atoms with Crippen LogP contribution in [-0.2, 0) is 14.3 Å². The second-order valence-corrected chi connectivity index (χ2v) is 13.0. The number of ketones is 1. The van der Waals surface area contributed by atoms with E-state index in [0.717, 1.165) is 5.57 Å². The molecule has 36 heavy (non-hydrogen) atoms. The lowest BCUT2D eigenvalue weighted by molar-refractivity contribution is -0.359. The molecule has 8 heteroatoms. The molecule has 0 amide bonds. The van der Waals surface area contributed by atoms with Gasteiger partial charge in [0, 0.05) is 41.6 Å². The van der Waals surface area contributed by atoms with Crippen LogP contribution in [0.25, 0.3) is 0 Å². The first-order chi connectivity index (χ1) is 16.5. The average Bonchev–Trinajstić information content (AvgIpc) is 3.06. The lowest BCUT2D eigenvalue weighted by Gasteiger charge is -2.71. The number of allylic oxidation sites excluding steroid dienone is 1. The van der Waals surface area contributed by atoms with Crippen molar-refractivity contribution in [2.45, 2.75) is 122 Å². The number of hydrogen-bond donors (Lipinski definition) is 5. The van der Waals surface area contributed by atoms with Gasteiger partial charge in [-0.2, -0.15) is 0 Å². The Morgan fingerprint density at radius 2 is 1.61 bits per heavy atom. The zero-order valence-corrected chi connectivity index (χ0v) is 22.5. The Morgan fingerprint density at radius 1 is 0.972 bits per heavy atom. The van der Waals surface area contributed by atoms with Crippen LogP contribution >= 0.6 is 0 Å². The Morgan fingerprint density at radius 3 is 2.19 bits per heavy atom. The zero-order valence-electron chi connectivity index (χ0n) is 22.5. The van der Waals surface area contributed by atoms with Crippen LogP contribution in [0.2, 0.25) is 0 Å². The molecule has 4 aliphatic carbocycles. The number of Topliss-reactive ketones (excluding diaryl/α,β-unsaturated/α-hetero) is 1. The fourth-order valence-corrected chi connectivity index (χ4v) is 8.58. The van der Waals surface area contributed by atoms with Gasteiger partial charge in [0.05, 0.1) is 17.8 Å². The highest BCUT2D eigenvalue weighted by atomic mass is 16.5. The standard InChI is InChI=1S/C28H44O8/c1-15(2)16(3)11-23(32)36-22-12-20-24(5)9-7-18(30)13-27(24,34)21(31)14-26(20,33)28(35)10-8-19(17(4)29)25(22,28)6/h11,15,18-22,30-31,33-35H,7-10,12-14H2,1-6H3/t18-,19-,20+,21+,22+,24+,25-,26-,27-,28+/m0/s1. The van der Waals surface area contributed by atoms with Gasteiger partial charge in [0.2, 0.25) is 0 Å². The van der Waals surface area contributed by atoms with Gasteiger partial charge >= 0.3 is 5.97 Å². The van der Waals surface area contributed by atoms with E-state index in [0.29, 0.717) is 19.3 Å². The average molecular weight is 509 g/mol. The van der Waals surface area contributed by atoms with E-state index in [9.17, 15) is 35.1 Å². The number of fused-ring (bicyclic) bond motifs is 5. The van der Waals surface area contributed by atoms with Crippen LogP contribution in [0.1, 0.15) is 86.5 Å². The first kappa shape index (κ1) is 27.7. The predicted molar refractivity (Wildman–Crippen MR) is 132 cm³/mol. The fourth-order valence-electron chi connectivity index (χ4n) is 8.58. The fraction of sp³-hybridized carbons (Fsp3) is 0.857. The molecule has 0 saturated heterocycles. The van der Waals surface area contributed by atoms with Gasteiger partial charge < -0.3 is 30.3 Å². The minimum Gasteiger partial charge on any atom is -0.458 e. The number of aliphatic hydroxyl groups is 5. The maximum absolute atomic E-state index is 13.0. The third-order valence-electron chi connectivity index (χ3n) is 11.2. The van der Waals surface area contributed by atoms with Crippen molar-refractivity contribution in [2.75, 3.05) is 0 Å². The molecule has 10 atom stereocenters. The molecule has 5 N–H and O–H groups in total. The highest BCUT2D eigenvalue weighted by Gasteiger charge is 2.80. The molecule has 0 aromatic rings. The van der Waals surface area contributed by atoms with Crippen molar-refractivity contribution >= 4 is 11.8 Å². The van der Waals surface area contributed by atoms with Crippen molar-refractivity contribution in [3.63, 3.8) is 0 Å². The molecule has 0 aliphatic heterocycles. The minimum absolute atomic E-state index is 0.0379. The molecule has 0 unspecified atom stereocenters. The number of hydrogen-bond acceptors (Lipinski definition) is 8. The molecular formula is C28H44O8. The summed E-state index contributed by atoms with van der Waals surface area (Å²) in [5.41, 5.74) is -6.82. The molecule has 8 nitrogen and oxygen atoms in total. The smallest absolute Gasteiger partial charge is 0.330 e. The van der Waals surface area contributed by atoms with Crippen LogP contribution in [0.3, 0.4) is 0 Å². The Bertz CT molecular complexity index is 961. The Hall–Kier alpha value is -1.32. The van der Waals surface area contributed by atoms with E-state index in [1.165, 1.54) is 13.0 Å². The first-order valence-electron chi connectivity index (χ1n) is 13.4. The van der Waals surface area contributed by atoms with E-state index < -0.39 is 63.8 Å². The molecule has 0 bridgehead atoms. The maximum Gasteiger partial charge on any atom is 0.330 e. The lowest BCUT2D eigenvalue weighted by atomic mass is 9.39. The first-order valence-corrected chi connectivity index (χ1v) is 13.4. The highest BCUT2D eigenvalue weighted by molar-refractivity contribution is 5.83. The Balaban J connectivity index is 1.85. The van der Waals surface area contributed by atoms with E-state index in [4.69, 9.17) is 4.74 Å². The molecule has 4 saturated carbocycles. The van der Waals surface area contributed by atoms with Crippen LogP contribution in [0, 0.1) is 28.6 Å². The minimum atomic E-state index is -1.83. The summed E-state index contributed by atoms with van der Waals surface area (Å²) in [5.74, 6) is -1.95. The zero-order chi connectivity index (χ0) is 27.1. The number of rotatable bonds is 4. The van der Waals surface area contributed by atoms with Crippen LogP contribution < -0.4 is 0 Å². The van der Waals surface area contributed by atoms with Gasteiger partial charge in [-0.15, -0.1) is 0 Å². The summed E-state index contributed by atoms with van der Waals surface area (Å²) < 4.78 is 6.04. The molecule has 0 spiro atoms. The Labute approximate surface area is 213 Å². The second-order valence-electron chi connectivity index (χ2n) is 13.0. The van der Waals surface area contributed by atoms with Crippen LogP contribution in [0.5, 0.6) is 0 Å². The third-order valence-corrected chi connectivity index (χ3v) is 11.2. The summed E-state index contributed by atoms with van der Waals surface area (Å²) in [7, 11) is 0. The monoisotopic (exact) mass is 508 g/mol. The molecule has 4 rings (SSSR count). The van der Waals surface area contributed by atoms with Gasteiger partial charge in [0.25, 0.3) is 0 Å². The number of ether oxygens (including phenoxy) is 1. The number of aliphatic hydroxyl groups excluding tert-OH is 2. The summed E-state index contributed by atoms with van der Waals surface area (Å²) in [6.45, 7) is 10.7. The molecule has 0 radical (unpaired) electrons. The quantitative estimate of drug-likeness (QED) is 0.287. The molecular weight excluding hydrogens is 464 g/mol. The molecule has 0 aromatic carbocycles. The van der Waals surface area contributed by atoms with Crippen LogP contribution in [0.4, 0.5) is 0 Å². The van der Waals surface area contributed by atoms with E-state index >= 15 is 0 Å². The van der Waals surface area contributed by atoms with Gasteiger partial charge in [-0.25, -0.2) is 4.79 Å². The molecule has 4 fully saturated rings. The Kier molecular flexibility index (Phi) is 6.62. The van der Waals surface area contributed by atoms with Crippen molar-refractivity contribution in [1.82, 2.24) is 0 Å². The topological polar surface area (TPSA) is 145 Å². The van der Waals surface area contributed by atoms with E-state index in [-0.39, 0.29) is 37.4 Å². The maximum atomic E-state index is 13.0. The largest absolute Gasteiger partial charge is 0.458 e. The summed E-state index contributed by atoms with van der Waals surface area (Å²) in [5, 5.41) is 58.1. The van der Waals surface area contributed by atoms with Crippen molar-refractivity contribution in [1.29, 1.82) is 0 Å². The van der Waals surface area contributed by atoms with Crippen molar-refractivity contribution < 1.29 is 39.9 Å². The third kappa shape index (κ3) is 3.44. The van der Waals surface area contributed by atoms with Gasteiger partial charge in [-0.05, 0) is 51.9 Å². The highest BCUT2D eigenvalue weighted by Crippen LogP contribution is 2.71. The van der Waals surface area contributed by atoms with Gasteiger partial charge in [0.1, 0.15) is 23.1 Å². The number of esters is 1. The van der Waals surface area contributed by atoms with Crippen LogP contribution in [-0.4, -0.2) is 72.4 Å². The lowest BCUT2D eigenvalue weighted by Crippen LogP contribution is -2.81. The summed E-state index contributed by atoms with van der Waals surface area (Å²) in [4.78, 5) is 25.8. The van der Waals surface area contributed by atoms with Gasteiger partial charge in [0.15, 0.2) is 0 Å². The SMILES string of the molecule is CC(=O)[C@@H]1CC[C@@]2(O)[C@]1(C)[C@H](OC(=O)C=C(C)C(C)C)C[C@@H]1[C@@]3(C)CC[C@H](O)C[C@]3(O)[C@H](O)C[C@]12O. The second kappa shape index (κ2) is 8.60. The van der Waals surface area contributed by atoms with Crippen molar-refractivity contribution in [3.05, 3.63) is 11.6 Å². The summed E-state index contributed by atoms with van der Waals surface area (Å²) in [6, 6.07) is 0. The molecule has 204 valence electrons. The number of carbonyl (C=O) groups excluding carboxylic acids is 2. The predicted octanol–water partition coefficient (Wildman–Crippen LogP) is 2.03. The van der Waals surface area contributed by atoms with Crippen LogP contribution in [0.15, 0.2) is 11.6 Å². The summed E-state index contributed by atoms with van der Waals surface area (Å²) >= 11 is 0. The van der Waals surface area contributed by atoms with Gasteiger partial charge in [-0.1, -0.05) is 33.3 Å². The normalized spacial score (nSPS) is 50.8. The van der Waals surface area contributed by atoms with E-state index in [2.05, 4.69) is 0 Å². The van der Waals surface area contributed by atoms with E-state index in [1.807, 2.05) is 20.8 Å². The van der Waals surface area contributed by atoms with Crippen molar-refractivity contribution in [3.8, 4) is 0 Å². The molecule has 4 aliphatic rings. The van der Waals surface area contributed by atoms with Gasteiger partial charge in [-0.3, -0.25) is 4.79 Å². The number of carbonyl (C=O) groups is 2. The summed E-state index contributed by atoms with van der Waals surface area (Å²) in [6.07, 6.45) is -0.685. The van der Waals surface area contributed by atoms with E-state index in [1.54, 1.807) is 13.8 Å². The molecule has 0 heterocycles.